The van der Waals surface area contributed by atoms with Crippen LogP contribution in [0.2, 0.25) is 0 Å². The Morgan fingerprint density at radius 2 is 1.90 bits per heavy atom. The number of hydrogen-bond acceptors (Lipinski definition) is 0. The second-order valence-corrected chi connectivity index (χ2v) is 4.94. The molecule has 0 spiro atoms. The highest BCUT2D eigenvalue weighted by Gasteiger charge is 2.59. The maximum absolute atomic E-state index is 2.49. The Balaban J connectivity index is 2.27. The minimum Gasteiger partial charge on any atom is -0.0619 e. The minimum atomic E-state index is 0.729. The highest BCUT2D eigenvalue weighted by Crippen LogP contribution is 2.68. The van der Waals surface area contributed by atoms with E-state index in [4.69, 9.17) is 0 Å². The molecule has 2 aliphatic rings. The Kier molecular flexibility index (Phi) is 1.07. The third-order valence-electron chi connectivity index (χ3n) is 4.65. The zero-order valence-corrected chi connectivity index (χ0v) is 7.41. The molecule has 0 bridgehead atoms. The van der Waals surface area contributed by atoms with Crippen LogP contribution in [0.15, 0.2) is 0 Å². The molecular weight excluding hydrogens is 120 g/mol. The van der Waals surface area contributed by atoms with Crippen molar-refractivity contribution in [1.29, 1.82) is 0 Å². The van der Waals surface area contributed by atoms with E-state index in [2.05, 4.69) is 20.8 Å². The van der Waals surface area contributed by atoms with Gasteiger partial charge in [0.25, 0.3) is 0 Å². The van der Waals surface area contributed by atoms with Crippen molar-refractivity contribution in [2.45, 2.75) is 46.5 Å². The van der Waals surface area contributed by atoms with Crippen molar-refractivity contribution in [3.05, 3.63) is 0 Å². The van der Waals surface area contributed by atoms with Gasteiger partial charge in [-0.3, -0.25) is 0 Å². The van der Waals surface area contributed by atoms with Crippen LogP contribution >= 0.6 is 0 Å². The monoisotopic (exact) mass is 138 g/mol. The lowest BCUT2D eigenvalue weighted by atomic mass is 9.47. The highest BCUT2D eigenvalue weighted by atomic mass is 14.6. The molecule has 0 saturated heterocycles. The molecule has 3 atom stereocenters. The van der Waals surface area contributed by atoms with E-state index in [0.29, 0.717) is 0 Å². The summed E-state index contributed by atoms with van der Waals surface area (Å²) in [7, 11) is 0. The molecule has 58 valence electrons. The van der Waals surface area contributed by atoms with Crippen molar-refractivity contribution in [2.75, 3.05) is 0 Å². The molecule has 0 heteroatoms. The third kappa shape index (κ3) is 0.500. The molecule has 10 heavy (non-hydrogen) atoms. The third-order valence-corrected chi connectivity index (χ3v) is 4.65. The summed E-state index contributed by atoms with van der Waals surface area (Å²) < 4.78 is 0. The van der Waals surface area contributed by atoms with E-state index < -0.39 is 0 Å². The van der Waals surface area contributed by atoms with Gasteiger partial charge in [0, 0.05) is 0 Å². The van der Waals surface area contributed by atoms with E-state index in [0.717, 1.165) is 16.7 Å². The normalized spacial score (nSPS) is 59.7. The first-order valence-corrected chi connectivity index (χ1v) is 4.58. The van der Waals surface area contributed by atoms with Gasteiger partial charge in [-0.05, 0) is 36.0 Å². The van der Waals surface area contributed by atoms with Crippen LogP contribution in [0.4, 0.5) is 0 Å². The van der Waals surface area contributed by atoms with Gasteiger partial charge in [0.1, 0.15) is 0 Å². The van der Waals surface area contributed by atoms with E-state index in [1.54, 1.807) is 0 Å². The van der Waals surface area contributed by atoms with Crippen LogP contribution in [0.1, 0.15) is 46.5 Å². The largest absolute Gasteiger partial charge is 0.0619 e. The van der Waals surface area contributed by atoms with Crippen LogP contribution < -0.4 is 0 Å². The topological polar surface area (TPSA) is 0 Å². The maximum Gasteiger partial charge on any atom is -0.0246 e. The molecule has 2 aliphatic carbocycles. The molecule has 0 radical (unpaired) electrons. The maximum atomic E-state index is 2.49. The Bertz CT molecular complexity index is 161. The second-order valence-electron chi connectivity index (χ2n) is 4.94. The van der Waals surface area contributed by atoms with E-state index in [-0.39, 0.29) is 0 Å². The van der Waals surface area contributed by atoms with Gasteiger partial charge in [0.15, 0.2) is 0 Å². The lowest BCUT2D eigenvalue weighted by Crippen LogP contribution is -2.49. The zero-order valence-electron chi connectivity index (χ0n) is 7.41. The van der Waals surface area contributed by atoms with Crippen LogP contribution in [0.3, 0.4) is 0 Å². The quantitative estimate of drug-likeness (QED) is 0.482. The molecule has 0 aromatic rings. The molecule has 0 heterocycles. The summed E-state index contributed by atoms with van der Waals surface area (Å²) in [6, 6.07) is 0. The Labute approximate surface area is 64.0 Å². The second kappa shape index (κ2) is 1.60. The van der Waals surface area contributed by atoms with Crippen LogP contribution in [0.25, 0.3) is 0 Å². The molecule has 2 saturated carbocycles. The first kappa shape index (κ1) is 6.69. The molecule has 3 unspecified atom stereocenters. The van der Waals surface area contributed by atoms with Gasteiger partial charge in [-0.15, -0.1) is 0 Å². The van der Waals surface area contributed by atoms with Gasteiger partial charge in [0.2, 0.25) is 0 Å². The predicted molar refractivity (Wildman–Crippen MR) is 43.8 cm³/mol. The van der Waals surface area contributed by atoms with Gasteiger partial charge in [-0.25, -0.2) is 0 Å². The molecule has 0 aromatic carbocycles. The van der Waals surface area contributed by atoms with Crippen molar-refractivity contribution in [1.82, 2.24) is 0 Å². The summed E-state index contributed by atoms with van der Waals surface area (Å²) in [5.74, 6) is 1.000. The van der Waals surface area contributed by atoms with Crippen LogP contribution in [-0.4, -0.2) is 0 Å². The van der Waals surface area contributed by atoms with Crippen LogP contribution in [0.5, 0.6) is 0 Å². The molecule has 0 N–H and O–H groups in total. The fourth-order valence-corrected chi connectivity index (χ4v) is 3.38. The van der Waals surface area contributed by atoms with Gasteiger partial charge in [-0.1, -0.05) is 27.2 Å². The highest BCUT2D eigenvalue weighted by molar-refractivity contribution is 5.09. The number of rotatable bonds is 0. The van der Waals surface area contributed by atoms with Crippen molar-refractivity contribution in [3.8, 4) is 0 Å². The van der Waals surface area contributed by atoms with Crippen LogP contribution in [-0.2, 0) is 0 Å². The Morgan fingerprint density at radius 1 is 1.20 bits per heavy atom. The van der Waals surface area contributed by atoms with E-state index in [9.17, 15) is 0 Å². The standard InChI is InChI=1S/C10H18/c1-8-7-9(2)5-4-6-10(8,9)3/h8H,4-7H2,1-3H3. The summed E-state index contributed by atoms with van der Waals surface area (Å²) in [6.45, 7) is 7.40. The summed E-state index contributed by atoms with van der Waals surface area (Å²) in [5, 5.41) is 0. The molecule has 0 aromatic heterocycles. The average molecular weight is 138 g/mol. The van der Waals surface area contributed by atoms with E-state index in [1.807, 2.05) is 0 Å². The summed E-state index contributed by atoms with van der Waals surface area (Å²) >= 11 is 0. The Morgan fingerprint density at radius 3 is 2.30 bits per heavy atom. The smallest absolute Gasteiger partial charge is 0.0246 e. The summed E-state index contributed by atoms with van der Waals surface area (Å²) in [6.07, 6.45) is 5.96. The first-order chi connectivity index (χ1) is 4.58. The fraction of sp³-hybridized carbons (Fsp3) is 1.00. The summed E-state index contributed by atoms with van der Waals surface area (Å²) in [5.41, 5.74) is 1.47. The van der Waals surface area contributed by atoms with E-state index >= 15 is 0 Å². The van der Waals surface area contributed by atoms with Crippen molar-refractivity contribution in [2.24, 2.45) is 16.7 Å². The predicted octanol–water partition coefficient (Wildman–Crippen LogP) is 3.22. The van der Waals surface area contributed by atoms with E-state index in [1.165, 1.54) is 25.7 Å². The van der Waals surface area contributed by atoms with Gasteiger partial charge < -0.3 is 0 Å². The summed E-state index contributed by atoms with van der Waals surface area (Å²) in [4.78, 5) is 0. The van der Waals surface area contributed by atoms with Gasteiger partial charge >= 0.3 is 0 Å². The lowest BCUT2D eigenvalue weighted by Gasteiger charge is -2.57. The molecule has 0 aliphatic heterocycles. The number of hydrogen-bond donors (Lipinski definition) is 0. The fourth-order valence-electron chi connectivity index (χ4n) is 3.38. The lowest BCUT2D eigenvalue weighted by molar-refractivity contribution is -0.0833. The van der Waals surface area contributed by atoms with Crippen molar-refractivity contribution < 1.29 is 0 Å². The van der Waals surface area contributed by atoms with Gasteiger partial charge in [0.05, 0.1) is 0 Å². The first-order valence-electron chi connectivity index (χ1n) is 4.58. The van der Waals surface area contributed by atoms with Gasteiger partial charge in [-0.2, -0.15) is 0 Å². The van der Waals surface area contributed by atoms with Crippen molar-refractivity contribution in [3.63, 3.8) is 0 Å². The zero-order chi connectivity index (χ0) is 7.41. The molecule has 0 nitrogen and oxygen atoms in total. The molecule has 2 fully saturated rings. The van der Waals surface area contributed by atoms with Crippen molar-refractivity contribution >= 4 is 0 Å². The molecule has 2 rings (SSSR count). The average Bonchev–Trinajstić information content (AvgIpc) is 2.07. The van der Waals surface area contributed by atoms with Crippen LogP contribution in [0, 0.1) is 16.7 Å². The minimum absolute atomic E-state index is 0.729. The Hall–Kier alpha value is 0. The SMILES string of the molecule is CC1CC2(C)CCCC12C. The number of fused-ring (bicyclic) bond motifs is 1. The molecule has 0 amide bonds. The molecular formula is C10H18.